The normalized spacial score (nSPS) is 10.4. The zero-order valence-electron chi connectivity index (χ0n) is 10.2. The SMILES string of the molecule is Cc1ccc(C)c(-c2cccc(C(=O)O)c2F)c1. The third-order valence-corrected chi connectivity index (χ3v) is 2.91. The van der Waals surface area contributed by atoms with E-state index in [4.69, 9.17) is 5.11 Å². The van der Waals surface area contributed by atoms with Gasteiger partial charge in [-0.1, -0.05) is 35.9 Å². The molecule has 0 atom stereocenters. The van der Waals surface area contributed by atoms with Gasteiger partial charge in [0, 0.05) is 5.56 Å². The lowest BCUT2D eigenvalue weighted by molar-refractivity contribution is 0.0692. The van der Waals surface area contributed by atoms with Gasteiger partial charge >= 0.3 is 5.97 Å². The lowest BCUT2D eigenvalue weighted by Gasteiger charge is -2.10. The number of benzene rings is 2. The molecule has 0 aliphatic rings. The van der Waals surface area contributed by atoms with Gasteiger partial charge in [-0.25, -0.2) is 9.18 Å². The van der Waals surface area contributed by atoms with E-state index in [1.807, 2.05) is 32.0 Å². The highest BCUT2D eigenvalue weighted by molar-refractivity contribution is 5.90. The zero-order chi connectivity index (χ0) is 13.3. The average molecular weight is 244 g/mol. The van der Waals surface area contributed by atoms with Crippen molar-refractivity contribution in [2.24, 2.45) is 0 Å². The molecule has 0 aromatic heterocycles. The first-order chi connectivity index (χ1) is 8.50. The summed E-state index contributed by atoms with van der Waals surface area (Å²) in [5.74, 6) is -1.93. The van der Waals surface area contributed by atoms with Crippen molar-refractivity contribution in [2.45, 2.75) is 13.8 Å². The molecule has 0 saturated carbocycles. The summed E-state index contributed by atoms with van der Waals surface area (Å²) < 4.78 is 14.1. The molecule has 92 valence electrons. The molecular weight excluding hydrogens is 231 g/mol. The van der Waals surface area contributed by atoms with Crippen molar-refractivity contribution in [2.75, 3.05) is 0 Å². The zero-order valence-corrected chi connectivity index (χ0v) is 10.2. The van der Waals surface area contributed by atoms with E-state index >= 15 is 0 Å². The molecule has 2 rings (SSSR count). The van der Waals surface area contributed by atoms with E-state index in [9.17, 15) is 9.18 Å². The van der Waals surface area contributed by atoms with Crippen LogP contribution in [0.15, 0.2) is 36.4 Å². The molecule has 0 fully saturated rings. The highest BCUT2D eigenvalue weighted by Crippen LogP contribution is 2.28. The van der Waals surface area contributed by atoms with Crippen molar-refractivity contribution in [3.05, 3.63) is 58.9 Å². The minimum Gasteiger partial charge on any atom is -0.478 e. The van der Waals surface area contributed by atoms with Gasteiger partial charge in [-0.15, -0.1) is 0 Å². The van der Waals surface area contributed by atoms with Crippen molar-refractivity contribution in [1.82, 2.24) is 0 Å². The van der Waals surface area contributed by atoms with E-state index < -0.39 is 11.8 Å². The van der Waals surface area contributed by atoms with Crippen molar-refractivity contribution in [3.8, 4) is 11.1 Å². The van der Waals surface area contributed by atoms with Gasteiger partial charge in [-0.2, -0.15) is 0 Å². The van der Waals surface area contributed by atoms with Gasteiger partial charge in [0.2, 0.25) is 0 Å². The maximum Gasteiger partial charge on any atom is 0.338 e. The topological polar surface area (TPSA) is 37.3 Å². The van der Waals surface area contributed by atoms with Crippen LogP contribution in [-0.4, -0.2) is 11.1 Å². The van der Waals surface area contributed by atoms with Crippen molar-refractivity contribution >= 4 is 5.97 Å². The van der Waals surface area contributed by atoms with E-state index in [1.54, 1.807) is 12.1 Å². The molecule has 0 radical (unpaired) electrons. The van der Waals surface area contributed by atoms with E-state index in [0.717, 1.165) is 16.7 Å². The first-order valence-electron chi connectivity index (χ1n) is 5.60. The van der Waals surface area contributed by atoms with Gasteiger partial charge in [0.15, 0.2) is 0 Å². The largest absolute Gasteiger partial charge is 0.478 e. The monoisotopic (exact) mass is 244 g/mol. The molecule has 0 spiro atoms. The molecule has 0 amide bonds. The Labute approximate surface area is 105 Å². The minimum atomic E-state index is -1.25. The molecular formula is C15H13FO2. The Bertz CT molecular complexity index is 618. The van der Waals surface area contributed by atoms with Crippen LogP contribution in [0.5, 0.6) is 0 Å². The number of carboxylic acid groups (broad SMARTS) is 1. The highest BCUT2D eigenvalue weighted by atomic mass is 19.1. The summed E-state index contributed by atoms with van der Waals surface area (Å²) in [7, 11) is 0. The van der Waals surface area contributed by atoms with E-state index in [2.05, 4.69) is 0 Å². The summed E-state index contributed by atoms with van der Waals surface area (Å²) in [6.07, 6.45) is 0. The van der Waals surface area contributed by atoms with Gasteiger partial charge in [0.05, 0.1) is 5.56 Å². The summed E-state index contributed by atoms with van der Waals surface area (Å²) >= 11 is 0. The van der Waals surface area contributed by atoms with Crippen molar-refractivity contribution < 1.29 is 14.3 Å². The lowest BCUT2D eigenvalue weighted by Crippen LogP contribution is -2.02. The van der Waals surface area contributed by atoms with Crippen LogP contribution in [0.3, 0.4) is 0 Å². The fourth-order valence-electron chi connectivity index (χ4n) is 1.93. The number of hydrogen-bond acceptors (Lipinski definition) is 1. The Morgan fingerprint density at radius 2 is 1.83 bits per heavy atom. The number of rotatable bonds is 2. The summed E-state index contributed by atoms with van der Waals surface area (Å²) in [6.45, 7) is 3.80. The Hall–Kier alpha value is -2.16. The first kappa shape index (κ1) is 12.3. The second-order valence-electron chi connectivity index (χ2n) is 4.29. The van der Waals surface area contributed by atoms with Crippen LogP contribution in [0.4, 0.5) is 4.39 Å². The number of halogens is 1. The Balaban J connectivity index is 2.68. The second-order valence-corrected chi connectivity index (χ2v) is 4.29. The molecule has 0 saturated heterocycles. The molecule has 3 heteroatoms. The summed E-state index contributed by atoms with van der Waals surface area (Å²) in [4.78, 5) is 10.9. The van der Waals surface area contributed by atoms with Crippen LogP contribution < -0.4 is 0 Å². The molecule has 0 unspecified atom stereocenters. The van der Waals surface area contributed by atoms with Crippen molar-refractivity contribution in [3.63, 3.8) is 0 Å². The average Bonchev–Trinajstić information content (AvgIpc) is 2.32. The van der Waals surface area contributed by atoms with Gasteiger partial charge in [-0.3, -0.25) is 0 Å². The summed E-state index contributed by atoms with van der Waals surface area (Å²) in [6, 6.07) is 10.1. The van der Waals surface area contributed by atoms with Crippen LogP contribution in [-0.2, 0) is 0 Å². The molecule has 0 bridgehead atoms. The predicted octanol–water partition coefficient (Wildman–Crippen LogP) is 3.81. The molecule has 2 nitrogen and oxygen atoms in total. The number of carboxylic acids is 1. The van der Waals surface area contributed by atoms with Crippen molar-refractivity contribution in [1.29, 1.82) is 0 Å². The second kappa shape index (κ2) is 4.61. The molecule has 1 N–H and O–H groups in total. The van der Waals surface area contributed by atoms with Crippen LogP contribution >= 0.6 is 0 Å². The summed E-state index contributed by atoms with van der Waals surface area (Å²) in [5, 5.41) is 8.92. The number of aromatic carboxylic acids is 1. The van der Waals surface area contributed by atoms with Crippen LogP contribution in [0.1, 0.15) is 21.5 Å². The fourth-order valence-corrected chi connectivity index (χ4v) is 1.93. The summed E-state index contributed by atoms with van der Waals surface area (Å²) in [5.41, 5.74) is 2.69. The third kappa shape index (κ3) is 2.12. The fraction of sp³-hybridized carbons (Fsp3) is 0.133. The smallest absolute Gasteiger partial charge is 0.338 e. The predicted molar refractivity (Wildman–Crippen MR) is 68.3 cm³/mol. The van der Waals surface area contributed by atoms with E-state index in [-0.39, 0.29) is 5.56 Å². The standard InChI is InChI=1S/C15H13FO2/c1-9-6-7-10(2)13(8-9)11-4-3-5-12(14(11)16)15(17)18/h3-8H,1-2H3,(H,17,18). The van der Waals surface area contributed by atoms with E-state index in [1.165, 1.54) is 6.07 Å². The molecule has 2 aromatic carbocycles. The Kier molecular flexibility index (Phi) is 3.15. The van der Waals surface area contributed by atoms with Crippen LogP contribution in [0, 0.1) is 19.7 Å². The minimum absolute atomic E-state index is 0.298. The highest BCUT2D eigenvalue weighted by Gasteiger charge is 2.15. The van der Waals surface area contributed by atoms with Gasteiger partial charge < -0.3 is 5.11 Å². The lowest BCUT2D eigenvalue weighted by atomic mass is 9.96. The first-order valence-corrected chi connectivity index (χ1v) is 5.60. The van der Waals surface area contributed by atoms with Gasteiger partial charge in [0.25, 0.3) is 0 Å². The quantitative estimate of drug-likeness (QED) is 0.872. The molecule has 18 heavy (non-hydrogen) atoms. The molecule has 0 heterocycles. The Morgan fingerprint density at radius 3 is 2.50 bits per heavy atom. The maximum atomic E-state index is 14.1. The molecule has 0 aliphatic carbocycles. The number of carbonyl (C=O) groups is 1. The number of hydrogen-bond donors (Lipinski definition) is 1. The van der Waals surface area contributed by atoms with Crippen LogP contribution in [0.25, 0.3) is 11.1 Å². The van der Waals surface area contributed by atoms with Crippen LogP contribution in [0.2, 0.25) is 0 Å². The van der Waals surface area contributed by atoms with Gasteiger partial charge in [-0.05, 0) is 31.0 Å². The third-order valence-electron chi connectivity index (χ3n) is 2.91. The maximum absolute atomic E-state index is 14.1. The van der Waals surface area contributed by atoms with Gasteiger partial charge in [0.1, 0.15) is 5.82 Å². The Morgan fingerprint density at radius 1 is 1.11 bits per heavy atom. The molecule has 2 aromatic rings. The number of aryl methyl sites for hydroxylation is 2. The molecule has 0 aliphatic heterocycles. The van der Waals surface area contributed by atoms with E-state index in [0.29, 0.717) is 5.56 Å².